The van der Waals surface area contributed by atoms with Gasteiger partial charge in [0.1, 0.15) is 0 Å². The van der Waals surface area contributed by atoms with Crippen LogP contribution < -0.4 is 0 Å². The number of nitrogens with one attached hydrogen (secondary N) is 1. The van der Waals surface area contributed by atoms with Crippen molar-refractivity contribution < 1.29 is 0 Å². The fourth-order valence-corrected chi connectivity index (χ4v) is 1.29. The lowest BCUT2D eigenvalue weighted by Crippen LogP contribution is -1.63. The number of para-hydroxylation sites is 1. The van der Waals surface area contributed by atoms with Crippen LogP contribution in [0.3, 0.4) is 0 Å². The van der Waals surface area contributed by atoms with E-state index in [4.69, 9.17) is 0 Å². The summed E-state index contributed by atoms with van der Waals surface area (Å²) in [6.07, 6.45) is 3.47. The summed E-state index contributed by atoms with van der Waals surface area (Å²) >= 11 is 1.35. The van der Waals surface area contributed by atoms with Crippen molar-refractivity contribution >= 4 is 22.4 Å². The molecule has 3 aromatic rings. The molecule has 0 fully saturated rings. The summed E-state index contributed by atoms with van der Waals surface area (Å²) in [7, 11) is 0. The highest BCUT2D eigenvalue weighted by atomic mass is 32.1. The molecule has 5 heteroatoms. The van der Waals surface area contributed by atoms with Gasteiger partial charge < -0.3 is 0 Å². The van der Waals surface area contributed by atoms with E-state index in [9.17, 15) is 0 Å². The van der Waals surface area contributed by atoms with Gasteiger partial charge in [0.25, 0.3) is 0 Å². The Bertz CT molecular complexity index is 427. The van der Waals surface area contributed by atoms with Gasteiger partial charge in [-0.2, -0.15) is 5.10 Å². The van der Waals surface area contributed by atoms with Crippen LogP contribution in [0.1, 0.15) is 0 Å². The lowest BCUT2D eigenvalue weighted by Gasteiger charge is -1.81. The Morgan fingerprint density at radius 3 is 2.79 bits per heavy atom. The van der Waals surface area contributed by atoms with E-state index in [0.717, 1.165) is 10.9 Å². The van der Waals surface area contributed by atoms with Crippen molar-refractivity contribution in [2.24, 2.45) is 0 Å². The van der Waals surface area contributed by atoms with E-state index in [2.05, 4.69) is 19.8 Å². The van der Waals surface area contributed by atoms with E-state index in [1.54, 1.807) is 6.20 Å². The quantitative estimate of drug-likeness (QED) is 0.610. The zero-order valence-corrected chi connectivity index (χ0v) is 8.11. The molecule has 0 saturated carbocycles. The predicted molar refractivity (Wildman–Crippen MR) is 56.0 cm³/mol. The van der Waals surface area contributed by atoms with E-state index in [1.165, 1.54) is 11.5 Å². The van der Waals surface area contributed by atoms with Gasteiger partial charge in [0.05, 0.1) is 17.9 Å². The Kier molecular flexibility index (Phi) is 2.82. The monoisotopic (exact) mass is 204 g/mol. The van der Waals surface area contributed by atoms with Crippen LogP contribution in [0.25, 0.3) is 10.9 Å². The lowest BCUT2D eigenvalue weighted by atomic mass is 10.3. The SMILES string of the molecule is c1ccc2[nH]ncc2c1.c1csnn1. The fourth-order valence-electron chi connectivity index (χ4n) is 1.02. The first-order valence-electron chi connectivity index (χ1n) is 4.06. The van der Waals surface area contributed by atoms with Crippen LogP contribution in [0.5, 0.6) is 0 Å². The second-order valence-corrected chi connectivity index (χ2v) is 3.19. The first-order valence-corrected chi connectivity index (χ1v) is 4.89. The molecule has 0 unspecified atom stereocenters. The molecule has 0 radical (unpaired) electrons. The molecule has 0 atom stereocenters. The number of aromatic amines is 1. The second-order valence-electron chi connectivity index (χ2n) is 2.54. The topological polar surface area (TPSA) is 54.5 Å². The second kappa shape index (κ2) is 4.48. The van der Waals surface area contributed by atoms with Crippen molar-refractivity contribution in [3.8, 4) is 0 Å². The number of aromatic nitrogens is 4. The summed E-state index contributed by atoms with van der Waals surface area (Å²) in [6, 6.07) is 8.01. The van der Waals surface area contributed by atoms with E-state index in [0.29, 0.717) is 0 Å². The Morgan fingerprint density at radius 2 is 2.14 bits per heavy atom. The predicted octanol–water partition coefficient (Wildman–Crippen LogP) is 2.10. The van der Waals surface area contributed by atoms with Gasteiger partial charge in [-0.25, -0.2) is 0 Å². The Labute approximate surface area is 84.8 Å². The normalized spacial score (nSPS) is 9.43. The molecule has 0 amide bonds. The number of fused-ring (bicyclic) bond motifs is 1. The van der Waals surface area contributed by atoms with Crippen LogP contribution in [0.15, 0.2) is 42.0 Å². The molecule has 1 aromatic carbocycles. The first kappa shape index (κ1) is 8.83. The number of hydrogen-bond donors (Lipinski definition) is 1. The Hall–Kier alpha value is -1.75. The summed E-state index contributed by atoms with van der Waals surface area (Å²) in [6.45, 7) is 0. The number of nitrogens with zero attached hydrogens (tertiary/aromatic N) is 3. The molecule has 70 valence electrons. The van der Waals surface area contributed by atoms with Crippen LogP contribution in [0.4, 0.5) is 0 Å². The van der Waals surface area contributed by atoms with Gasteiger partial charge in [-0.1, -0.05) is 22.7 Å². The van der Waals surface area contributed by atoms with Gasteiger partial charge in [0, 0.05) is 10.8 Å². The molecule has 4 nitrogen and oxygen atoms in total. The van der Waals surface area contributed by atoms with Crippen molar-refractivity contribution in [3.05, 3.63) is 42.0 Å². The van der Waals surface area contributed by atoms with Gasteiger partial charge in [0.2, 0.25) is 0 Å². The molecule has 0 aliphatic rings. The summed E-state index contributed by atoms with van der Waals surface area (Å²) in [4.78, 5) is 0. The molecule has 14 heavy (non-hydrogen) atoms. The lowest BCUT2D eigenvalue weighted by molar-refractivity contribution is 1.12. The number of benzene rings is 1. The van der Waals surface area contributed by atoms with Crippen molar-refractivity contribution in [2.45, 2.75) is 0 Å². The van der Waals surface area contributed by atoms with Crippen molar-refractivity contribution in [2.75, 3.05) is 0 Å². The van der Waals surface area contributed by atoms with E-state index >= 15 is 0 Å². The number of rotatable bonds is 0. The van der Waals surface area contributed by atoms with Gasteiger partial charge in [0.15, 0.2) is 0 Å². The molecular formula is C9H8N4S. The molecule has 0 spiro atoms. The van der Waals surface area contributed by atoms with Crippen molar-refractivity contribution in [3.63, 3.8) is 0 Å². The molecule has 3 rings (SSSR count). The Morgan fingerprint density at radius 1 is 1.21 bits per heavy atom. The third-order valence-corrected chi connectivity index (χ3v) is 2.06. The minimum Gasteiger partial charge on any atom is -0.278 e. The molecule has 0 aliphatic heterocycles. The minimum atomic E-state index is 1.09. The molecule has 1 N–H and O–H groups in total. The molecule has 0 aliphatic carbocycles. The summed E-state index contributed by atoms with van der Waals surface area (Å²) in [5.41, 5.74) is 1.09. The van der Waals surface area contributed by atoms with Crippen LogP contribution in [0.2, 0.25) is 0 Å². The molecule has 0 saturated heterocycles. The minimum absolute atomic E-state index is 1.09. The molecule has 2 heterocycles. The van der Waals surface area contributed by atoms with Crippen molar-refractivity contribution in [1.29, 1.82) is 0 Å². The number of hydrogen-bond acceptors (Lipinski definition) is 4. The van der Waals surface area contributed by atoms with Gasteiger partial charge >= 0.3 is 0 Å². The fraction of sp³-hybridized carbons (Fsp3) is 0. The average molecular weight is 204 g/mol. The molecule has 2 aromatic heterocycles. The zero-order valence-electron chi connectivity index (χ0n) is 7.29. The highest BCUT2D eigenvalue weighted by Crippen LogP contribution is 2.06. The third-order valence-electron chi connectivity index (χ3n) is 1.63. The first-order chi connectivity index (χ1) is 6.97. The maximum Gasteiger partial charge on any atom is 0.0650 e. The van der Waals surface area contributed by atoms with Crippen LogP contribution in [0, 0.1) is 0 Å². The average Bonchev–Trinajstić information content (AvgIpc) is 2.92. The number of H-pyrrole nitrogens is 1. The van der Waals surface area contributed by atoms with E-state index in [1.807, 2.05) is 35.8 Å². The van der Waals surface area contributed by atoms with Gasteiger partial charge in [-0.15, -0.1) is 5.10 Å². The maximum absolute atomic E-state index is 3.88. The summed E-state index contributed by atoms with van der Waals surface area (Å²) < 4.78 is 3.51. The standard InChI is InChI=1S/C7H6N2.C2H2N2S/c1-2-4-7-6(3-1)5-8-9-7;1-2-5-4-3-1/h1-5H,(H,8,9);1-2H. The largest absolute Gasteiger partial charge is 0.278 e. The molecular weight excluding hydrogens is 196 g/mol. The third kappa shape index (κ3) is 2.14. The Balaban J connectivity index is 0.000000128. The molecule has 0 bridgehead atoms. The highest BCUT2D eigenvalue weighted by Gasteiger charge is 1.88. The summed E-state index contributed by atoms with van der Waals surface area (Å²) in [5, 5.41) is 13.2. The zero-order chi connectivity index (χ0) is 9.64. The smallest absolute Gasteiger partial charge is 0.0650 e. The van der Waals surface area contributed by atoms with Gasteiger partial charge in [-0.05, 0) is 17.6 Å². The van der Waals surface area contributed by atoms with Crippen LogP contribution >= 0.6 is 11.5 Å². The maximum atomic E-state index is 3.88. The van der Waals surface area contributed by atoms with E-state index < -0.39 is 0 Å². The highest BCUT2D eigenvalue weighted by molar-refractivity contribution is 7.03. The van der Waals surface area contributed by atoms with E-state index in [-0.39, 0.29) is 0 Å². The van der Waals surface area contributed by atoms with Crippen LogP contribution in [-0.4, -0.2) is 19.8 Å². The van der Waals surface area contributed by atoms with Gasteiger partial charge in [-0.3, -0.25) is 5.10 Å². The summed E-state index contributed by atoms with van der Waals surface area (Å²) in [5.74, 6) is 0. The van der Waals surface area contributed by atoms with Crippen molar-refractivity contribution in [1.82, 2.24) is 19.8 Å². The van der Waals surface area contributed by atoms with Crippen LogP contribution in [-0.2, 0) is 0 Å².